The van der Waals surface area contributed by atoms with E-state index in [1.165, 1.54) is 0 Å². The second-order valence-corrected chi connectivity index (χ2v) is 5.00. The Kier molecular flexibility index (Phi) is 6.15. The van der Waals surface area contributed by atoms with Crippen molar-refractivity contribution in [3.8, 4) is 5.75 Å². The van der Waals surface area contributed by atoms with Gasteiger partial charge in [0.25, 0.3) is 0 Å². The summed E-state index contributed by atoms with van der Waals surface area (Å²) in [6, 6.07) is 5.86. The van der Waals surface area contributed by atoms with Crippen molar-refractivity contribution in [3.63, 3.8) is 0 Å². The number of nitrogens with zero attached hydrogens (tertiary/aromatic N) is 1. The summed E-state index contributed by atoms with van der Waals surface area (Å²) in [5.74, 6) is 0.870. The van der Waals surface area contributed by atoms with Gasteiger partial charge in [-0.2, -0.15) is 0 Å². The zero-order valence-corrected chi connectivity index (χ0v) is 12.6. The van der Waals surface area contributed by atoms with Crippen molar-refractivity contribution in [3.05, 3.63) is 28.2 Å². The Morgan fingerprint density at radius 2 is 2.22 bits per heavy atom. The van der Waals surface area contributed by atoms with E-state index in [2.05, 4.69) is 21.2 Å². The molecule has 1 N–H and O–H groups in total. The minimum absolute atomic E-state index is 0.0361. The molecule has 0 heterocycles. The van der Waals surface area contributed by atoms with Crippen molar-refractivity contribution in [2.45, 2.75) is 13.5 Å². The van der Waals surface area contributed by atoms with Crippen molar-refractivity contribution >= 4 is 21.8 Å². The molecule has 0 aromatic heterocycles. The number of hydrogen-bond acceptors (Lipinski definition) is 3. The lowest BCUT2D eigenvalue weighted by atomic mass is 10.2. The van der Waals surface area contributed by atoms with Gasteiger partial charge in [0.2, 0.25) is 5.91 Å². The first-order valence-corrected chi connectivity index (χ1v) is 6.63. The van der Waals surface area contributed by atoms with Crippen LogP contribution in [0.25, 0.3) is 0 Å². The molecular formula is C13H19BrN2O2. The Balaban J connectivity index is 2.66. The monoisotopic (exact) mass is 314 g/mol. The molecule has 4 nitrogen and oxygen atoms in total. The van der Waals surface area contributed by atoms with E-state index in [1.807, 2.05) is 37.1 Å². The molecule has 0 spiro atoms. The number of halogens is 1. The van der Waals surface area contributed by atoms with Crippen LogP contribution in [-0.2, 0) is 11.3 Å². The third-order valence-electron chi connectivity index (χ3n) is 2.47. The number of amides is 1. The number of nitrogens with one attached hydrogen (secondary N) is 1. The van der Waals surface area contributed by atoms with Crippen molar-refractivity contribution < 1.29 is 9.53 Å². The first-order valence-electron chi connectivity index (χ1n) is 5.84. The summed E-state index contributed by atoms with van der Waals surface area (Å²) in [4.78, 5) is 13.4. The molecule has 0 saturated heterocycles. The van der Waals surface area contributed by atoms with E-state index < -0.39 is 0 Å². The zero-order valence-electron chi connectivity index (χ0n) is 11.0. The van der Waals surface area contributed by atoms with E-state index in [-0.39, 0.29) is 5.91 Å². The van der Waals surface area contributed by atoms with Crippen LogP contribution in [0.15, 0.2) is 22.7 Å². The second-order valence-electron chi connectivity index (χ2n) is 4.08. The van der Waals surface area contributed by atoms with Crippen LogP contribution in [0.4, 0.5) is 0 Å². The SMILES string of the molecule is CCNC(=O)CN(C)Cc1cc(Br)ccc1OC. The van der Waals surface area contributed by atoms with Crippen LogP contribution < -0.4 is 10.1 Å². The van der Waals surface area contributed by atoms with Crippen LogP contribution in [-0.4, -0.2) is 38.1 Å². The molecule has 1 aromatic rings. The van der Waals surface area contributed by atoms with Gasteiger partial charge >= 0.3 is 0 Å². The standard InChI is InChI=1S/C13H19BrN2O2/c1-4-15-13(17)9-16(2)8-10-7-11(14)5-6-12(10)18-3/h5-7H,4,8-9H2,1-3H3,(H,15,17). The minimum Gasteiger partial charge on any atom is -0.496 e. The van der Waals surface area contributed by atoms with Gasteiger partial charge in [-0.05, 0) is 32.2 Å². The topological polar surface area (TPSA) is 41.6 Å². The predicted molar refractivity (Wildman–Crippen MR) is 75.7 cm³/mol. The number of rotatable bonds is 6. The van der Waals surface area contributed by atoms with Crippen LogP contribution in [0.5, 0.6) is 5.75 Å². The summed E-state index contributed by atoms with van der Waals surface area (Å²) in [6.45, 7) is 3.62. The lowest BCUT2D eigenvalue weighted by Gasteiger charge is -2.18. The van der Waals surface area contributed by atoms with Crippen molar-refractivity contribution in [2.75, 3.05) is 27.2 Å². The summed E-state index contributed by atoms with van der Waals surface area (Å²) >= 11 is 3.44. The lowest BCUT2D eigenvalue weighted by Crippen LogP contribution is -2.34. The zero-order chi connectivity index (χ0) is 13.5. The molecular weight excluding hydrogens is 296 g/mol. The molecule has 100 valence electrons. The number of carbonyl (C=O) groups excluding carboxylic acids is 1. The third kappa shape index (κ3) is 4.66. The van der Waals surface area contributed by atoms with Gasteiger partial charge in [0, 0.05) is 23.1 Å². The van der Waals surface area contributed by atoms with E-state index in [0.29, 0.717) is 19.6 Å². The molecule has 0 fully saturated rings. The summed E-state index contributed by atoms with van der Waals surface area (Å²) in [5.41, 5.74) is 1.05. The maximum absolute atomic E-state index is 11.5. The fourth-order valence-electron chi connectivity index (χ4n) is 1.72. The number of likely N-dealkylation sites (N-methyl/N-ethyl adjacent to an activating group) is 2. The second kappa shape index (κ2) is 7.38. The molecule has 1 rings (SSSR count). The highest BCUT2D eigenvalue weighted by Gasteiger charge is 2.10. The number of benzene rings is 1. The average molecular weight is 315 g/mol. The Morgan fingerprint density at radius 3 is 2.83 bits per heavy atom. The molecule has 18 heavy (non-hydrogen) atoms. The number of methoxy groups -OCH3 is 1. The Morgan fingerprint density at radius 1 is 1.50 bits per heavy atom. The van der Waals surface area contributed by atoms with Crippen LogP contribution in [0.1, 0.15) is 12.5 Å². The Bertz CT molecular complexity index is 410. The summed E-state index contributed by atoms with van der Waals surface area (Å²) in [6.07, 6.45) is 0. The first kappa shape index (κ1) is 15.0. The number of ether oxygens (including phenoxy) is 1. The van der Waals surface area contributed by atoms with Crippen LogP contribution in [0.2, 0.25) is 0 Å². The third-order valence-corrected chi connectivity index (χ3v) is 2.96. The van der Waals surface area contributed by atoms with Crippen LogP contribution in [0, 0.1) is 0 Å². The number of carbonyl (C=O) groups is 1. The predicted octanol–water partition coefficient (Wildman–Crippen LogP) is 2.03. The molecule has 0 atom stereocenters. The largest absolute Gasteiger partial charge is 0.496 e. The summed E-state index contributed by atoms with van der Waals surface area (Å²) in [7, 11) is 3.56. The highest BCUT2D eigenvalue weighted by molar-refractivity contribution is 9.10. The maximum atomic E-state index is 11.5. The van der Waals surface area contributed by atoms with Crippen LogP contribution >= 0.6 is 15.9 Å². The molecule has 0 radical (unpaired) electrons. The lowest BCUT2D eigenvalue weighted by molar-refractivity contribution is -0.121. The van der Waals surface area contributed by atoms with E-state index in [1.54, 1.807) is 7.11 Å². The molecule has 1 aromatic carbocycles. The normalized spacial score (nSPS) is 10.5. The van der Waals surface area contributed by atoms with Gasteiger partial charge < -0.3 is 10.1 Å². The van der Waals surface area contributed by atoms with Crippen LogP contribution in [0.3, 0.4) is 0 Å². The molecule has 0 aliphatic carbocycles. The van der Waals surface area contributed by atoms with Crippen molar-refractivity contribution in [2.24, 2.45) is 0 Å². The summed E-state index contributed by atoms with van der Waals surface area (Å²) in [5, 5.41) is 2.78. The van der Waals surface area contributed by atoms with Gasteiger partial charge in [0.1, 0.15) is 5.75 Å². The summed E-state index contributed by atoms with van der Waals surface area (Å²) < 4.78 is 6.31. The fourth-order valence-corrected chi connectivity index (χ4v) is 2.12. The quantitative estimate of drug-likeness (QED) is 0.873. The van der Waals surface area contributed by atoms with Crippen molar-refractivity contribution in [1.29, 1.82) is 0 Å². The molecule has 0 aliphatic heterocycles. The maximum Gasteiger partial charge on any atom is 0.234 e. The average Bonchev–Trinajstić information content (AvgIpc) is 2.29. The van der Waals surface area contributed by atoms with Gasteiger partial charge in [0.05, 0.1) is 13.7 Å². The van der Waals surface area contributed by atoms with E-state index >= 15 is 0 Å². The molecule has 0 unspecified atom stereocenters. The minimum atomic E-state index is 0.0361. The fraction of sp³-hybridized carbons (Fsp3) is 0.462. The van der Waals surface area contributed by atoms with E-state index in [9.17, 15) is 4.79 Å². The molecule has 1 amide bonds. The smallest absolute Gasteiger partial charge is 0.234 e. The highest BCUT2D eigenvalue weighted by Crippen LogP contribution is 2.23. The van der Waals surface area contributed by atoms with Gasteiger partial charge in [-0.1, -0.05) is 15.9 Å². The van der Waals surface area contributed by atoms with E-state index in [0.717, 1.165) is 15.8 Å². The van der Waals surface area contributed by atoms with E-state index in [4.69, 9.17) is 4.74 Å². The molecule has 5 heteroatoms. The first-order chi connectivity index (χ1) is 8.56. The van der Waals surface area contributed by atoms with Gasteiger partial charge in [0.15, 0.2) is 0 Å². The van der Waals surface area contributed by atoms with Crippen molar-refractivity contribution in [1.82, 2.24) is 10.2 Å². The van der Waals surface area contributed by atoms with Gasteiger partial charge in [-0.15, -0.1) is 0 Å². The number of hydrogen-bond donors (Lipinski definition) is 1. The molecule has 0 aliphatic rings. The van der Waals surface area contributed by atoms with Gasteiger partial charge in [-0.3, -0.25) is 9.69 Å². The van der Waals surface area contributed by atoms with Gasteiger partial charge in [-0.25, -0.2) is 0 Å². The Hall–Kier alpha value is -1.07. The Labute approximate surface area is 116 Å². The molecule has 0 saturated carbocycles. The molecule has 0 bridgehead atoms. The highest BCUT2D eigenvalue weighted by atomic mass is 79.9.